The molecular weight excluding hydrogens is 436 g/mol. The van der Waals surface area contributed by atoms with Crippen LogP contribution < -0.4 is 15.5 Å². The van der Waals surface area contributed by atoms with Gasteiger partial charge in [-0.15, -0.1) is 11.3 Å². The third-order valence-corrected chi connectivity index (χ3v) is 5.58. The number of hydrogen-bond donors (Lipinski definition) is 2. The van der Waals surface area contributed by atoms with Gasteiger partial charge in [0.2, 0.25) is 0 Å². The minimum absolute atomic E-state index is 0.0386. The molecule has 3 amide bonds. The summed E-state index contributed by atoms with van der Waals surface area (Å²) in [5.41, 5.74) is 3.07. The minimum atomic E-state index is -0.600. The topological polar surface area (TPSA) is 91.4 Å². The molecule has 1 aliphatic rings. The largest absolute Gasteiger partial charge is 0.350 e. The third kappa shape index (κ3) is 4.21. The molecule has 0 saturated heterocycles. The van der Waals surface area contributed by atoms with Crippen LogP contribution in [0.25, 0.3) is 0 Å². The van der Waals surface area contributed by atoms with Gasteiger partial charge < -0.3 is 5.32 Å². The fraction of sp³-hybridized carbons (Fsp3) is 0.0909. The van der Waals surface area contributed by atoms with Gasteiger partial charge >= 0.3 is 0 Å². The summed E-state index contributed by atoms with van der Waals surface area (Å²) < 4.78 is 0. The van der Waals surface area contributed by atoms with Crippen LogP contribution in [-0.4, -0.2) is 22.7 Å². The summed E-state index contributed by atoms with van der Waals surface area (Å²) in [6, 6.07) is 12.0. The molecule has 4 rings (SSSR count). The summed E-state index contributed by atoms with van der Waals surface area (Å²) >= 11 is 7.52. The molecule has 3 aromatic rings. The summed E-state index contributed by atoms with van der Waals surface area (Å²) in [5.74, 6) is -1.50. The number of nitrogens with one attached hydrogen (secondary N) is 2. The number of aromatic nitrogens is 1. The van der Waals surface area contributed by atoms with Gasteiger partial charge in [0.1, 0.15) is 10.7 Å². The van der Waals surface area contributed by atoms with Crippen molar-refractivity contribution >= 4 is 57.2 Å². The number of imide groups is 1. The molecule has 0 bridgehead atoms. The van der Waals surface area contributed by atoms with E-state index in [9.17, 15) is 14.4 Å². The zero-order chi connectivity index (χ0) is 22.1. The molecular formula is C22H17ClN4O3S. The average Bonchev–Trinajstić information content (AvgIpc) is 3.30. The molecule has 0 aliphatic carbocycles. The number of anilines is 3. The van der Waals surface area contributed by atoms with Gasteiger partial charge in [-0.05, 0) is 55.3 Å². The summed E-state index contributed by atoms with van der Waals surface area (Å²) in [7, 11) is 0. The second kappa shape index (κ2) is 8.33. The Bertz CT molecular complexity index is 1220. The van der Waals surface area contributed by atoms with Crippen LogP contribution in [0.1, 0.15) is 21.5 Å². The highest BCUT2D eigenvalue weighted by molar-refractivity contribution is 7.13. The number of carbonyl (C=O) groups excluding carboxylic acids is 3. The van der Waals surface area contributed by atoms with Gasteiger partial charge in [-0.3, -0.25) is 19.7 Å². The third-order valence-electron chi connectivity index (χ3n) is 4.54. The lowest BCUT2D eigenvalue weighted by Gasteiger charge is -2.16. The van der Waals surface area contributed by atoms with Crippen molar-refractivity contribution in [3.05, 3.63) is 81.5 Å². The molecule has 9 heteroatoms. The van der Waals surface area contributed by atoms with Gasteiger partial charge in [0.15, 0.2) is 5.13 Å². The lowest BCUT2D eigenvalue weighted by Crippen LogP contribution is -2.32. The maximum atomic E-state index is 13.0. The molecule has 2 N–H and O–H groups in total. The van der Waals surface area contributed by atoms with Gasteiger partial charge in [0.05, 0.1) is 5.69 Å². The molecule has 0 spiro atoms. The molecule has 7 nitrogen and oxygen atoms in total. The Hall–Kier alpha value is -3.49. The van der Waals surface area contributed by atoms with E-state index in [1.165, 1.54) is 11.3 Å². The van der Waals surface area contributed by atoms with Crippen molar-refractivity contribution in [2.24, 2.45) is 0 Å². The Morgan fingerprint density at radius 2 is 1.81 bits per heavy atom. The average molecular weight is 453 g/mol. The van der Waals surface area contributed by atoms with Gasteiger partial charge in [0, 0.05) is 22.8 Å². The normalized spacial score (nSPS) is 13.7. The van der Waals surface area contributed by atoms with E-state index in [2.05, 4.69) is 15.6 Å². The summed E-state index contributed by atoms with van der Waals surface area (Å²) in [4.78, 5) is 43.2. The van der Waals surface area contributed by atoms with Crippen molar-refractivity contribution in [2.45, 2.75) is 13.8 Å². The van der Waals surface area contributed by atoms with Crippen molar-refractivity contribution in [1.29, 1.82) is 0 Å². The molecule has 0 saturated carbocycles. The van der Waals surface area contributed by atoms with Crippen LogP contribution in [0.3, 0.4) is 0 Å². The number of amides is 3. The highest BCUT2D eigenvalue weighted by Gasteiger charge is 2.39. The van der Waals surface area contributed by atoms with E-state index in [4.69, 9.17) is 11.6 Å². The van der Waals surface area contributed by atoms with Gasteiger partial charge in [-0.2, -0.15) is 0 Å². The number of hydrogen-bond acceptors (Lipinski definition) is 6. The number of halogens is 1. The first-order valence-electron chi connectivity index (χ1n) is 9.28. The molecule has 0 radical (unpaired) electrons. The summed E-state index contributed by atoms with van der Waals surface area (Å²) in [6.07, 6.45) is 1.59. The number of rotatable bonds is 5. The minimum Gasteiger partial charge on any atom is -0.350 e. The van der Waals surface area contributed by atoms with E-state index in [0.717, 1.165) is 16.0 Å². The molecule has 1 aromatic heterocycles. The molecule has 31 heavy (non-hydrogen) atoms. The monoisotopic (exact) mass is 452 g/mol. The Labute approximate surface area is 187 Å². The van der Waals surface area contributed by atoms with Crippen LogP contribution in [0.4, 0.5) is 16.5 Å². The first kappa shape index (κ1) is 20.8. The van der Waals surface area contributed by atoms with E-state index >= 15 is 0 Å². The standard InChI is InChI=1S/C22H17ClN4O3S/c1-12-8-13(2)10-16(9-12)27-20(29)17(23)18(21(27)30)25-15-5-3-4-14(11-15)19(28)26-22-24-6-7-31-22/h3-11,25H,1-2H3,(H,24,26,28). The Morgan fingerprint density at radius 3 is 2.48 bits per heavy atom. The van der Waals surface area contributed by atoms with Crippen LogP contribution in [0.15, 0.2) is 64.8 Å². The smallest absolute Gasteiger partial charge is 0.283 e. The SMILES string of the molecule is Cc1cc(C)cc(N2C(=O)C(Cl)=C(Nc3cccc(C(=O)Nc4nccs4)c3)C2=O)c1. The van der Waals surface area contributed by atoms with Crippen molar-refractivity contribution in [2.75, 3.05) is 15.5 Å². The maximum Gasteiger partial charge on any atom is 0.283 e. The predicted octanol–water partition coefficient (Wildman–Crippen LogP) is 4.45. The molecule has 2 heterocycles. The summed E-state index contributed by atoms with van der Waals surface area (Å²) in [6.45, 7) is 3.77. The second-order valence-corrected chi connectivity index (χ2v) is 8.25. The lowest BCUT2D eigenvalue weighted by atomic mass is 10.1. The van der Waals surface area contributed by atoms with Crippen LogP contribution in [0.5, 0.6) is 0 Å². The van der Waals surface area contributed by atoms with Crippen LogP contribution in [-0.2, 0) is 9.59 Å². The van der Waals surface area contributed by atoms with Crippen LogP contribution in [0.2, 0.25) is 0 Å². The van der Waals surface area contributed by atoms with Crippen molar-refractivity contribution in [3.63, 3.8) is 0 Å². The van der Waals surface area contributed by atoms with E-state index in [0.29, 0.717) is 22.1 Å². The van der Waals surface area contributed by atoms with Gasteiger partial charge in [-0.1, -0.05) is 23.7 Å². The Balaban J connectivity index is 1.57. The molecule has 1 aliphatic heterocycles. The predicted molar refractivity (Wildman–Crippen MR) is 121 cm³/mol. The lowest BCUT2D eigenvalue weighted by molar-refractivity contribution is -0.120. The van der Waals surface area contributed by atoms with E-state index in [1.807, 2.05) is 19.9 Å². The Morgan fingerprint density at radius 1 is 1.06 bits per heavy atom. The van der Waals surface area contributed by atoms with Gasteiger partial charge in [-0.25, -0.2) is 9.88 Å². The fourth-order valence-electron chi connectivity index (χ4n) is 3.26. The molecule has 0 atom stereocenters. The number of aryl methyl sites for hydroxylation is 2. The second-order valence-electron chi connectivity index (χ2n) is 6.98. The van der Waals surface area contributed by atoms with Crippen molar-refractivity contribution < 1.29 is 14.4 Å². The van der Waals surface area contributed by atoms with E-state index in [1.54, 1.807) is 48.0 Å². The number of carbonyl (C=O) groups is 3. The quantitative estimate of drug-likeness (QED) is 0.558. The maximum absolute atomic E-state index is 13.0. The molecule has 0 fully saturated rings. The van der Waals surface area contributed by atoms with Crippen molar-refractivity contribution in [1.82, 2.24) is 4.98 Å². The van der Waals surface area contributed by atoms with E-state index < -0.39 is 11.8 Å². The van der Waals surface area contributed by atoms with E-state index in [-0.39, 0.29) is 16.6 Å². The first-order valence-corrected chi connectivity index (χ1v) is 10.5. The summed E-state index contributed by atoms with van der Waals surface area (Å²) in [5, 5.41) is 7.62. The van der Waals surface area contributed by atoms with Crippen molar-refractivity contribution in [3.8, 4) is 0 Å². The van der Waals surface area contributed by atoms with Gasteiger partial charge in [0.25, 0.3) is 17.7 Å². The van der Waals surface area contributed by atoms with Crippen LogP contribution in [0, 0.1) is 13.8 Å². The number of benzene rings is 2. The zero-order valence-corrected chi connectivity index (χ0v) is 18.2. The van der Waals surface area contributed by atoms with Crippen LogP contribution >= 0.6 is 22.9 Å². The highest BCUT2D eigenvalue weighted by Crippen LogP contribution is 2.31. The number of thiazole rings is 1. The first-order chi connectivity index (χ1) is 14.8. The number of nitrogens with zero attached hydrogens (tertiary/aromatic N) is 2. The highest BCUT2D eigenvalue weighted by atomic mass is 35.5. The molecule has 0 unspecified atom stereocenters. The molecule has 2 aromatic carbocycles. The fourth-order valence-corrected chi connectivity index (χ4v) is 4.00. The zero-order valence-electron chi connectivity index (χ0n) is 16.6. The molecule has 156 valence electrons. The Kier molecular flexibility index (Phi) is 5.58.